The molecule has 0 amide bonds. The van der Waals surface area contributed by atoms with Crippen molar-refractivity contribution in [2.75, 3.05) is 0 Å². The standard InChI is InChI=1S/C18H25NO2/c1-18(2)9-7-15(8-10-18)21-17(20)16-11-13-5-3-4-6-14(13)12-19-16/h3-6,15-16,19H,7-12H2,1-2H3/t16-/m0/s1. The second-order valence-corrected chi connectivity index (χ2v) is 7.21. The zero-order valence-electron chi connectivity index (χ0n) is 13.0. The molecule has 1 aliphatic heterocycles. The van der Waals surface area contributed by atoms with Crippen LogP contribution in [0.15, 0.2) is 24.3 Å². The smallest absolute Gasteiger partial charge is 0.323 e. The Morgan fingerprint density at radius 1 is 1.19 bits per heavy atom. The topological polar surface area (TPSA) is 38.3 Å². The van der Waals surface area contributed by atoms with Crippen molar-refractivity contribution in [2.24, 2.45) is 5.41 Å². The third-order valence-electron chi connectivity index (χ3n) is 4.93. The number of hydrogen-bond donors (Lipinski definition) is 1. The van der Waals surface area contributed by atoms with Crippen LogP contribution in [0.5, 0.6) is 0 Å². The third kappa shape index (κ3) is 3.46. The van der Waals surface area contributed by atoms with Gasteiger partial charge < -0.3 is 10.1 Å². The molecule has 1 saturated carbocycles. The average Bonchev–Trinajstić information content (AvgIpc) is 2.49. The molecule has 1 fully saturated rings. The molecule has 21 heavy (non-hydrogen) atoms. The van der Waals surface area contributed by atoms with Crippen LogP contribution in [0, 0.1) is 5.41 Å². The highest BCUT2D eigenvalue weighted by molar-refractivity contribution is 5.77. The van der Waals surface area contributed by atoms with Gasteiger partial charge in [-0.2, -0.15) is 0 Å². The van der Waals surface area contributed by atoms with E-state index in [1.807, 2.05) is 12.1 Å². The van der Waals surface area contributed by atoms with Gasteiger partial charge in [0, 0.05) is 6.54 Å². The number of fused-ring (bicyclic) bond motifs is 1. The first-order chi connectivity index (χ1) is 10.0. The molecule has 0 bridgehead atoms. The number of nitrogens with one attached hydrogen (secondary N) is 1. The fraction of sp³-hybridized carbons (Fsp3) is 0.611. The Morgan fingerprint density at radius 2 is 1.86 bits per heavy atom. The predicted molar refractivity (Wildman–Crippen MR) is 82.9 cm³/mol. The van der Waals surface area contributed by atoms with Crippen molar-refractivity contribution in [1.82, 2.24) is 5.32 Å². The van der Waals surface area contributed by atoms with Gasteiger partial charge in [-0.15, -0.1) is 0 Å². The average molecular weight is 287 g/mol. The third-order valence-corrected chi connectivity index (χ3v) is 4.93. The lowest BCUT2D eigenvalue weighted by atomic mass is 9.76. The number of ether oxygens (including phenoxy) is 1. The Kier molecular flexibility index (Phi) is 4.03. The van der Waals surface area contributed by atoms with Gasteiger partial charge in [-0.25, -0.2) is 0 Å². The summed E-state index contributed by atoms with van der Waals surface area (Å²) < 4.78 is 5.74. The highest BCUT2D eigenvalue weighted by atomic mass is 16.5. The van der Waals surface area contributed by atoms with Crippen LogP contribution in [-0.2, 0) is 22.5 Å². The van der Waals surface area contributed by atoms with Crippen LogP contribution in [0.1, 0.15) is 50.7 Å². The highest BCUT2D eigenvalue weighted by Gasteiger charge is 2.31. The molecule has 3 rings (SSSR count). The van der Waals surface area contributed by atoms with E-state index in [4.69, 9.17) is 4.74 Å². The van der Waals surface area contributed by atoms with Gasteiger partial charge >= 0.3 is 5.97 Å². The van der Waals surface area contributed by atoms with E-state index in [1.165, 1.54) is 11.1 Å². The first-order valence-corrected chi connectivity index (χ1v) is 8.04. The molecule has 1 aliphatic carbocycles. The van der Waals surface area contributed by atoms with Gasteiger partial charge in [0.05, 0.1) is 0 Å². The molecule has 2 aliphatic rings. The van der Waals surface area contributed by atoms with Crippen molar-refractivity contribution in [3.8, 4) is 0 Å². The molecule has 1 heterocycles. The van der Waals surface area contributed by atoms with E-state index in [2.05, 4.69) is 31.3 Å². The molecule has 3 nitrogen and oxygen atoms in total. The van der Waals surface area contributed by atoms with E-state index in [0.717, 1.165) is 38.6 Å². The van der Waals surface area contributed by atoms with Gasteiger partial charge in [0.1, 0.15) is 12.1 Å². The van der Waals surface area contributed by atoms with Crippen LogP contribution < -0.4 is 5.32 Å². The lowest BCUT2D eigenvalue weighted by Gasteiger charge is -2.35. The van der Waals surface area contributed by atoms with Crippen LogP contribution in [0.2, 0.25) is 0 Å². The molecule has 0 spiro atoms. The molecule has 0 aromatic heterocycles. The summed E-state index contributed by atoms with van der Waals surface area (Å²) in [5, 5.41) is 3.31. The van der Waals surface area contributed by atoms with Gasteiger partial charge in [0.25, 0.3) is 0 Å². The number of esters is 1. The Morgan fingerprint density at radius 3 is 2.57 bits per heavy atom. The number of carbonyl (C=O) groups is 1. The summed E-state index contributed by atoms with van der Waals surface area (Å²) in [4.78, 5) is 12.4. The molecule has 1 N–H and O–H groups in total. The minimum absolute atomic E-state index is 0.0748. The van der Waals surface area contributed by atoms with Crippen molar-refractivity contribution in [3.63, 3.8) is 0 Å². The molecule has 3 heteroatoms. The molecule has 1 aromatic rings. The quantitative estimate of drug-likeness (QED) is 0.849. The molecule has 1 aromatic carbocycles. The van der Waals surface area contributed by atoms with Crippen LogP contribution in [0.4, 0.5) is 0 Å². The zero-order chi connectivity index (χ0) is 14.9. The second kappa shape index (κ2) is 5.80. The van der Waals surface area contributed by atoms with Crippen LogP contribution in [-0.4, -0.2) is 18.1 Å². The Labute approximate surface area is 127 Å². The van der Waals surface area contributed by atoms with Crippen molar-refractivity contribution in [3.05, 3.63) is 35.4 Å². The Balaban J connectivity index is 1.55. The van der Waals surface area contributed by atoms with Crippen molar-refractivity contribution in [2.45, 2.75) is 64.6 Å². The van der Waals surface area contributed by atoms with Gasteiger partial charge in [-0.1, -0.05) is 38.1 Å². The monoisotopic (exact) mass is 287 g/mol. The van der Waals surface area contributed by atoms with E-state index >= 15 is 0 Å². The van der Waals surface area contributed by atoms with Crippen LogP contribution in [0.25, 0.3) is 0 Å². The minimum Gasteiger partial charge on any atom is -0.461 e. The lowest BCUT2D eigenvalue weighted by molar-refractivity contribution is -0.154. The number of benzene rings is 1. The van der Waals surface area contributed by atoms with Crippen molar-refractivity contribution in [1.29, 1.82) is 0 Å². The Bertz CT molecular complexity index is 514. The summed E-state index contributed by atoms with van der Waals surface area (Å²) in [7, 11) is 0. The second-order valence-electron chi connectivity index (χ2n) is 7.21. The fourth-order valence-corrected chi connectivity index (χ4v) is 3.36. The summed E-state index contributed by atoms with van der Waals surface area (Å²) in [6.07, 6.45) is 5.15. The summed E-state index contributed by atoms with van der Waals surface area (Å²) in [5.74, 6) is -0.0748. The summed E-state index contributed by atoms with van der Waals surface area (Å²) in [6, 6.07) is 8.13. The maximum Gasteiger partial charge on any atom is 0.323 e. The van der Waals surface area contributed by atoms with Crippen LogP contribution >= 0.6 is 0 Å². The van der Waals surface area contributed by atoms with Crippen molar-refractivity contribution < 1.29 is 9.53 Å². The summed E-state index contributed by atoms with van der Waals surface area (Å²) in [6.45, 7) is 5.35. The van der Waals surface area contributed by atoms with Gasteiger partial charge in [0.2, 0.25) is 0 Å². The zero-order valence-corrected chi connectivity index (χ0v) is 13.0. The molecular weight excluding hydrogens is 262 g/mol. The predicted octanol–water partition coefficient (Wildman–Crippen LogP) is 3.21. The normalized spacial score (nSPS) is 25.1. The van der Waals surface area contributed by atoms with E-state index in [9.17, 15) is 4.79 Å². The molecule has 0 unspecified atom stereocenters. The number of rotatable bonds is 2. The maximum atomic E-state index is 12.4. The molecular formula is C18H25NO2. The van der Waals surface area contributed by atoms with Gasteiger partial charge in [-0.3, -0.25) is 4.79 Å². The van der Waals surface area contributed by atoms with E-state index in [1.54, 1.807) is 0 Å². The maximum absolute atomic E-state index is 12.4. The molecule has 0 radical (unpaired) electrons. The first-order valence-electron chi connectivity index (χ1n) is 8.04. The lowest BCUT2D eigenvalue weighted by Crippen LogP contribution is -2.44. The van der Waals surface area contributed by atoms with E-state index in [0.29, 0.717) is 5.41 Å². The van der Waals surface area contributed by atoms with Gasteiger partial charge in [-0.05, 0) is 48.6 Å². The molecule has 114 valence electrons. The summed E-state index contributed by atoms with van der Waals surface area (Å²) in [5.41, 5.74) is 2.97. The van der Waals surface area contributed by atoms with Crippen molar-refractivity contribution >= 4 is 5.97 Å². The fourth-order valence-electron chi connectivity index (χ4n) is 3.36. The van der Waals surface area contributed by atoms with E-state index < -0.39 is 0 Å². The number of carbonyl (C=O) groups excluding carboxylic acids is 1. The first kappa shape index (κ1) is 14.6. The molecule has 1 atom stereocenters. The van der Waals surface area contributed by atoms with E-state index in [-0.39, 0.29) is 18.1 Å². The number of hydrogen-bond acceptors (Lipinski definition) is 3. The Hall–Kier alpha value is -1.35. The highest BCUT2D eigenvalue weighted by Crippen LogP contribution is 2.36. The SMILES string of the molecule is CC1(C)CCC(OC(=O)[C@@H]2Cc3ccccc3CN2)CC1. The largest absolute Gasteiger partial charge is 0.461 e. The van der Waals surface area contributed by atoms with Crippen LogP contribution in [0.3, 0.4) is 0 Å². The molecule has 0 saturated heterocycles. The summed E-state index contributed by atoms with van der Waals surface area (Å²) >= 11 is 0. The minimum atomic E-state index is -0.185. The van der Waals surface area contributed by atoms with Gasteiger partial charge in [0.15, 0.2) is 0 Å².